The van der Waals surface area contributed by atoms with Crippen LogP contribution in [0.5, 0.6) is 23.0 Å². The number of nitrogens with zero attached hydrogens (tertiary/aromatic N) is 2. The highest BCUT2D eigenvalue weighted by Crippen LogP contribution is 2.38. The standard InChI is InChI=1S/C32H27ClN2O7S/c1-4-22-27(31(37)39-3)28(20-8-6-5-7-9-20)35-30(36)26(43-32(35)34-22)15-19-12-21(33)29(25(14-19)38-2)40-16-18-10-11-23-24(13-18)42-17-41-23/h5-15,28H,4,16-17H2,1-3H3/b26-15-/t28-/m0/s1. The lowest BCUT2D eigenvalue weighted by molar-refractivity contribution is -0.136. The van der Waals surface area contributed by atoms with Crippen molar-refractivity contribution in [2.75, 3.05) is 21.0 Å². The van der Waals surface area contributed by atoms with E-state index < -0.39 is 12.0 Å². The van der Waals surface area contributed by atoms with E-state index in [4.69, 9.17) is 40.3 Å². The summed E-state index contributed by atoms with van der Waals surface area (Å²) in [7, 11) is 2.85. The summed E-state index contributed by atoms with van der Waals surface area (Å²) in [6.45, 7) is 2.34. The van der Waals surface area contributed by atoms with Crippen LogP contribution in [0.15, 0.2) is 81.7 Å². The predicted molar refractivity (Wildman–Crippen MR) is 162 cm³/mol. The van der Waals surface area contributed by atoms with Crippen LogP contribution in [-0.4, -0.2) is 31.5 Å². The highest BCUT2D eigenvalue weighted by molar-refractivity contribution is 7.07. The fraction of sp³-hybridized carbons (Fsp3) is 0.219. The molecule has 0 aliphatic carbocycles. The highest BCUT2D eigenvalue weighted by atomic mass is 35.5. The fourth-order valence-electron chi connectivity index (χ4n) is 5.12. The van der Waals surface area contributed by atoms with Crippen molar-refractivity contribution in [3.8, 4) is 23.0 Å². The smallest absolute Gasteiger partial charge is 0.338 e. The number of thiazole rings is 1. The quantitative estimate of drug-likeness (QED) is 0.263. The van der Waals surface area contributed by atoms with E-state index in [1.54, 1.807) is 22.8 Å². The van der Waals surface area contributed by atoms with E-state index in [-0.39, 0.29) is 19.0 Å². The summed E-state index contributed by atoms with van der Waals surface area (Å²) < 4.78 is 29.6. The van der Waals surface area contributed by atoms with Gasteiger partial charge in [0.05, 0.1) is 41.1 Å². The van der Waals surface area contributed by atoms with Crippen molar-refractivity contribution in [3.05, 3.63) is 113 Å². The van der Waals surface area contributed by atoms with E-state index in [1.807, 2.05) is 55.5 Å². The molecule has 11 heteroatoms. The molecule has 0 saturated heterocycles. The molecule has 2 aliphatic rings. The van der Waals surface area contributed by atoms with E-state index in [1.165, 1.54) is 25.6 Å². The van der Waals surface area contributed by atoms with Gasteiger partial charge < -0.3 is 23.7 Å². The van der Waals surface area contributed by atoms with Crippen molar-refractivity contribution in [1.82, 2.24) is 4.57 Å². The average Bonchev–Trinajstić information content (AvgIpc) is 3.62. The van der Waals surface area contributed by atoms with Crippen molar-refractivity contribution < 1.29 is 28.5 Å². The number of halogens is 1. The first-order valence-electron chi connectivity index (χ1n) is 13.5. The first-order chi connectivity index (χ1) is 20.9. The second-order valence-corrected chi connectivity index (χ2v) is 11.1. The molecule has 0 fully saturated rings. The van der Waals surface area contributed by atoms with Gasteiger partial charge in [-0.25, -0.2) is 9.79 Å². The molecular weight excluding hydrogens is 592 g/mol. The molecule has 0 unspecified atom stereocenters. The van der Waals surface area contributed by atoms with Gasteiger partial charge in [0.15, 0.2) is 27.8 Å². The lowest BCUT2D eigenvalue weighted by atomic mass is 9.95. The van der Waals surface area contributed by atoms with Gasteiger partial charge in [-0.3, -0.25) is 9.36 Å². The van der Waals surface area contributed by atoms with Gasteiger partial charge >= 0.3 is 5.97 Å². The second kappa shape index (κ2) is 12.0. The SMILES string of the molecule is CCC1=C(C(=O)OC)[C@H](c2ccccc2)n2c(s/c(=C\c3cc(Cl)c(OCc4ccc5c(c4)OCO5)c(OC)c3)c2=O)=N1. The average molecular weight is 619 g/mol. The highest BCUT2D eigenvalue weighted by Gasteiger charge is 2.33. The van der Waals surface area contributed by atoms with E-state index in [0.717, 1.165) is 11.1 Å². The minimum absolute atomic E-state index is 0.192. The molecule has 43 heavy (non-hydrogen) atoms. The second-order valence-electron chi connectivity index (χ2n) is 9.71. The van der Waals surface area contributed by atoms with Crippen LogP contribution in [0.2, 0.25) is 5.02 Å². The number of carbonyl (C=O) groups excluding carboxylic acids is 1. The summed E-state index contributed by atoms with van der Waals surface area (Å²) in [5.74, 6) is 1.62. The summed E-state index contributed by atoms with van der Waals surface area (Å²) in [5, 5.41) is 0.322. The van der Waals surface area contributed by atoms with Crippen LogP contribution in [-0.2, 0) is 16.1 Å². The van der Waals surface area contributed by atoms with E-state index in [9.17, 15) is 9.59 Å². The summed E-state index contributed by atoms with van der Waals surface area (Å²) in [4.78, 5) is 32.1. The predicted octanol–water partition coefficient (Wildman–Crippen LogP) is 4.77. The largest absolute Gasteiger partial charge is 0.493 e. The zero-order valence-electron chi connectivity index (χ0n) is 23.6. The Morgan fingerprint density at radius 2 is 1.91 bits per heavy atom. The third-order valence-corrected chi connectivity index (χ3v) is 8.40. The van der Waals surface area contributed by atoms with Crippen molar-refractivity contribution in [2.24, 2.45) is 4.99 Å². The Morgan fingerprint density at radius 1 is 1.12 bits per heavy atom. The first kappa shape index (κ1) is 28.6. The van der Waals surface area contributed by atoms with Crippen molar-refractivity contribution >= 4 is 35.0 Å². The molecule has 0 bridgehead atoms. The molecule has 4 aromatic rings. The van der Waals surface area contributed by atoms with Gasteiger partial charge in [0.25, 0.3) is 5.56 Å². The Hall–Kier alpha value is -4.54. The zero-order chi connectivity index (χ0) is 30.1. The fourth-order valence-corrected chi connectivity index (χ4v) is 6.41. The number of carbonyl (C=O) groups is 1. The minimum Gasteiger partial charge on any atom is -0.493 e. The molecule has 1 aromatic heterocycles. The molecule has 0 spiro atoms. The Kier molecular flexibility index (Phi) is 7.96. The minimum atomic E-state index is -0.674. The van der Waals surface area contributed by atoms with Crippen molar-refractivity contribution in [1.29, 1.82) is 0 Å². The summed E-state index contributed by atoms with van der Waals surface area (Å²) in [5.41, 5.74) is 2.95. The molecule has 3 aromatic carbocycles. The third-order valence-electron chi connectivity index (χ3n) is 7.14. The number of hydrogen-bond donors (Lipinski definition) is 0. The summed E-state index contributed by atoms with van der Waals surface area (Å²) in [6, 6.07) is 17.8. The maximum atomic E-state index is 13.9. The van der Waals surface area contributed by atoms with Gasteiger partial charge in [0.1, 0.15) is 6.61 Å². The number of hydrogen-bond acceptors (Lipinski definition) is 9. The molecule has 0 amide bonds. The van der Waals surface area contributed by atoms with E-state index in [2.05, 4.69) is 0 Å². The molecule has 0 radical (unpaired) electrons. The van der Waals surface area contributed by atoms with Crippen LogP contribution >= 0.6 is 22.9 Å². The lowest BCUT2D eigenvalue weighted by Crippen LogP contribution is -2.40. The number of fused-ring (bicyclic) bond motifs is 2. The molecule has 1 atom stereocenters. The first-order valence-corrected chi connectivity index (χ1v) is 14.7. The van der Waals surface area contributed by atoms with Crippen LogP contribution in [0.4, 0.5) is 0 Å². The molecule has 0 N–H and O–H groups in total. The molecule has 2 aliphatic heterocycles. The molecule has 6 rings (SSSR count). The topological polar surface area (TPSA) is 97.6 Å². The Bertz CT molecular complexity index is 1930. The molecule has 9 nitrogen and oxygen atoms in total. The van der Waals surface area contributed by atoms with Crippen LogP contribution in [0, 0.1) is 0 Å². The Balaban J connectivity index is 1.38. The third kappa shape index (κ3) is 5.39. The number of aromatic nitrogens is 1. The van der Waals surface area contributed by atoms with Gasteiger partial charge in [-0.05, 0) is 53.5 Å². The maximum absolute atomic E-state index is 13.9. The number of ether oxygens (including phenoxy) is 5. The van der Waals surface area contributed by atoms with Gasteiger partial charge in [-0.1, -0.05) is 66.3 Å². The number of benzene rings is 3. The normalized spacial score (nSPS) is 15.6. The summed E-state index contributed by atoms with van der Waals surface area (Å²) >= 11 is 7.91. The summed E-state index contributed by atoms with van der Waals surface area (Å²) in [6.07, 6.45) is 2.23. The van der Waals surface area contributed by atoms with Crippen molar-refractivity contribution in [3.63, 3.8) is 0 Å². The van der Waals surface area contributed by atoms with Gasteiger partial charge in [-0.15, -0.1) is 0 Å². The maximum Gasteiger partial charge on any atom is 0.338 e. The molecule has 220 valence electrons. The van der Waals surface area contributed by atoms with Crippen molar-refractivity contribution in [2.45, 2.75) is 26.0 Å². The van der Waals surface area contributed by atoms with E-state index in [0.29, 0.717) is 60.6 Å². The van der Waals surface area contributed by atoms with Gasteiger partial charge in [0, 0.05) is 0 Å². The molecular formula is C32H27ClN2O7S. The van der Waals surface area contributed by atoms with Crippen LogP contribution in [0.1, 0.15) is 36.1 Å². The molecule has 0 saturated carbocycles. The Labute approximate surface area is 255 Å². The van der Waals surface area contributed by atoms with Crippen LogP contribution in [0.25, 0.3) is 6.08 Å². The van der Waals surface area contributed by atoms with Gasteiger partial charge in [-0.2, -0.15) is 0 Å². The molecule has 3 heterocycles. The number of esters is 1. The van der Waals surface area contributed by atoms with E-state index >= 15 is 0 Å². The Morgan fingerprint density at radius 3 is 2.65 bits per heavy atom. The van der Waals surface area contributed by atoms with Crippen LogP contribution < -0.4 is 33.8 Å². The van der Waals surface area contributed by atoms with Crippen LogP contribution in [0.3, 0.4) is 0 Å². The lowest BCUT2D eigenvalue weighted by Gasteiger charge is -2.25. The monoisotopic (exact) mass is 618 g/mol. The number of rotatable bonds is 8. The zero-order valence-corrected chi connectivity index (χ0v) is 25.2. The number of methoxy groups -OCH3 is 2. The van der Waals surface area contributed by atoms with Gasteiger partial charge in [0.2, 0.25) is 6.79 Å². The number of allylic oxidation sites excluding steroid dienone is 1.